The Labute approximate surface area is 182 Å². The van der Waals surface area contributed by atoms with Crippen molar-refractivity contribution >= 4 is 17.3 Å². The third kappa shape index (κ3) is 3.82. The van der Waals surface area contributed by atoms with Crippen LogP contribution in [-0.4, -0.2) is 66.6 Å². The van der Waals surface area contributed by atoms with Gasteiger partial charge in [-0.2, -0.15) is 0 Å². The molecule has 3 aromatic heterocycles. The van der Waals surface area contributed by atoms with Crippen LogP contribution in [-0.2, 0) is 0 Å². The monoisotopic (exact) mass is 424 g/mol. The third-order valence-corrected chi connectivity index (χ3v) is 5.94. The van der Waals surface area contributed by atoms with E-state index in [2.05, 4.69) is 75.0 Å². The highest BCUT2D eigenvalue weighted by molar-refractivity contribution is 7.80. The fourth-order valence-electron chi connectivity index (χ4n) is 4.27. The summed E-state index contributed by atoms with van der Waals surface area (Å²) in [6, 6.07) is 8.33. The van der Waals surface area contributed by atoms with E-state index in [0.29, 0.717) is 0 Å². The van der Waals surface area contributed by atoms with Crippen molar-refractivity contribution in [2.45, 2.75) is 32.4 Å². The topological polar surface area (TPSA) is 67.0 Å². The summed E-state index contributed by atoms with van der Waals surface area (Å²) >= 11 is 5.78. The maximum absolute atomic E-state index is 5.78. The zero-order chi connectivity index (χ0) is 21.3. The number of aryl methyl sites for hydroxylation is 1. The summed E-state index contributed by atoms with van der Waals surface area (Å²) in [6.07, 6.45) is 6.30. The van der Waals surface area contributed by atoms with Crippen molar-refractivity contribution in [3.05, 3.63) is 65.8 Å². The molecule has 0 saturated carbocycles. The van der Waals surface area contributed by atoms with E-state index in [4.69, 9.17) is 12.2 Å². The molecule has 30 heavy (non-hydrogen) atoms. The van der Waals surface area contributed by atoms with Gasteiger partial charge in [0.1, 0.15) is 12.7 Å². The Morgan fingerprint density at radius 1 is 1.17 bits per heavy atom. The van der Waals surface area contributed by atoms with Gasteiger partial charge in [-0.1, -0.05) is 6.07 Å². The molecule has 1 fully saturated rings. The molecular weight excluding hydrogens is 396 g/mol. The lowest BCUT2D eigenvalue weighted by Crippen LogP contribution is -2.32. The molecule has 0 bridgehead atoms. The van der Waals surface area contributed by atoms with Crippen molar-refractivity contribution in [3.8, 4) is 0 Å². The fraction of sp³-hybridized carbons (Fsp3) is 0.429. The minimum Gasteiger partial charge on any atom is -0.352 e. The highest BCUT2D eigenvalue weighted by Gasteiger charge is 2.41. The minimum absolute atomic E-state index is 0.00656. The Bertz CT molecular complexity index is 996. The van der Waals surface area contributed by atoms with Crippen LogP contribution in [0.4, 0.5) is 0 Å². The lowest BCUT2D eigenvalue weighted by atomic mass is 9.96. The summed E-state index contributed by atoms with van der Waals surface area (Å²) in [6.45, 7) is 6.13. The average molecular weight is 425 g/mol. The van der Waals surface area contributed by atoms with E-state index >= 15 is 0 Å². The molecule has 0 radical (unpaired) electrons. The average Bonchev–Trinajstić information content (AvgIpc) is 3.41. The highest BCUT2D eigenvalue weighted by Crippen LogP contribution is 2.40. The van der Waals surface area contributed by atoms with E-state index in [0.717, 1.165) is 41.7 Å². The van der Waals surface area contributed by atoms with E-state index < -0.39 is 0 Å². The quantitative estimate of drug-likeness (QED) is 0.584. The van der Waals surface area contributed by atoms with E-state index in [-0.39, 0.29) is 12.1 Å². The normalized spacial score (nSPS) is 19.0. The predicted molar refractivity (Wildman–Crippen MR) is 120 cm³/mol. The van der Waals surface area contributed by atoms with Crippen LogP contribution in [0.2, 0.25) is 0 Å². The van der Waals surface area contributed by atoms with Crippen molar-refractivity contribution in [2.24, 2.45) is 0 Å². The second-order valence-corrected chi connectivity index (χ2v) is 8.34. The Hall–Kier alpha value is -2.78. The maximum Gasteiger partial charge on any atom is 0.170 e. The van der Waals surface area contributed by atoms with E-state index in [9.17, 15) is 0 Å². The molecule has 4 heterocycles. The minimum atomic E-state index is -0.00656. The third-order valence-electron chi connectivity index (χ3n) is 5.59. The summed E-state index contributed by atoms with van der Waals surface area (Å²) in [4.78, 5) is 9.15. The molecule has 2 atom stereocenters. The number of pyridine rings is 1. The first-order valence-electron chi connectivity index (χ1n) is 10.1. The van der Waals surface area contributed by atoms with Crippen LogP contribution in [0.25, 0.3) is 0 Å². The number of nitrogens with zero attached hydrogens (tertiary/aromatic N) is 7. The molecule has 0 aromatic carbocycles. The molecule has 0 amide bonds. The second kappa shape index (κ2) is 8.53. The van der Waals surface area contributed by atoms with Gasteiger partial charge < -0.3 is 15.1 Å². The van der Waals surface area contributed by atoms with Gasteiger partial charge in [0.05, 0.1) is 17.8 Å². The molecule has 0 aliphatic carbocycles. The summed E-state index contributed by atoms with van der Waals surface area (Å²) < 4.78 is 4.03. The standard InChI is InChI=1S/C21H28N8S/c1-15-12-17(16(2)29(15)27-13-23-24-14-27)20-19(18-8-5-6-9-22-18)25-21(30)28(20)11-7-10-26(3)4/h5-6,8-9,12-14,19-20H,7,10-11H2,1-4H3,(H,25,30)/t19-,20+/m1/s1. The molecule has 4 rings (SSSR count). The molecule has 158 valence electrons. The highest BCUT2D eigenvalue weighted by atomic mass is 32.1. The van der Waals surface area contributed by atoms with Gasteiger partial charge in [-0.05, 0) is 71.3 Å². The number of thiocarbonyl (C=S) groups is 1. The Morgan fingerprint density at radius 3 is 2.60 bits per heavy atom. The number of nitrogens with one attached hydrogen (secondary N) is 1. The molecule has 0 unspecified atom stereocenters. The van der Waals surface area contributed by atoms with Gasteiger partial charge in [0.2, 0.25) is 0 Å². The number of hydrogen-bond donors (Lipinski definition) is 1. The van der Waals surface area contributed by atoms with Crippen LogP contribution in [0.3, 0.4) is 0 Å². The molecule has 1 saturated heterocycles. The summed E-state index contributed by atoms with van der Waals surface area (Å²) in [5, 5.41) is 12.3. The summed E-state index contributed by atoms with van der Waals surface area (Å²) in [5.74, 6) is 0. The number of rotatable bonds is 7. The Morgan fingerprint density at radius 2 is 1.93 bits per heavy atom. The lowest BCUT2D eigenvalue weighted by molar-refractivity contribution is 0.292. The Balaban J connectivity index is 1.75. The van der Waals surface area contributed by atoms with Gasteiger partial charge in [0.25, 0.3) is 0 Å². The Kier molecular flexibility index (Phi) is 5.83. The molecule has 1 N–H and O–H groups in total. The zero-order valence-electron chi connectivity index (χ0n) is 17.9. The summed E-state index contributed by atoms with van der Waals surface area (Å²) in [7, 11) is 4.20. The van der Waals surface area contributed by atoms with Gasteiger partial charge in [-0.25, -0.2) is 4.68 Å². The van der Waals surface area contributed by atoms with Gasteiger partial charge in [-0.3, -0.25) is 9.66 Å². The zero-order valence-corrected chi connectivity index (χ0v) is 18.7. The van der Waals surface area contributed by atoms with E-state index in [1.54, 1.807) is 12.7 Å². The smallest absolute Gasteiger partial charge is 0.170 e. The van der Waals surface area contributed by atoms with Crippen molar-refractivity contribution < 1.29 is 0 Å². The van der Waals surface area contributed by atoms with Gasteiger partial charge >= 0.3 is 0 Å². The molecule has 8 nitrogen and oxygen atoms in total. The predicted octanol–water partition coefficient (Wildman–Crippen LogP) is 2.33. The van der Waals surface area contributed by atoms with Crippen molar-refractivity contribution in [2.75, 3.05) is 27.2 Å². The SMILES string of the molecule is Cc1cc([C@H]2[C@@H](c3ccccn3)NC(=S)N2CCCN(C)C)c(C)n1-n1cnnc1. The first kappa shape index (κ1) is 20.5. The van der Waals surface area contributed by atoms with E-state index in [1.807, 2.05) is 23.0 Å². The lowest BCUT2D eigenvalue weighted by Gasteiger charge is -2.28. The van der Waals surface area contributed by atoms with Gasteiger partial charge in [0, 0.05) is 29.7 Å². The molecule has 1 aliphatic heterocycles. The van der Waals surface area contributed by atoms with Crippen molar-refractivity contribution in [3.63, 3.8) is 0 Å². The van der Waals surface area contributed by atoms with Crippen LogP contribution < -0.4 is 5.32 Å². The first-order chi connectivity index (χ1) is 14.5. The van der Waals surface area contributed by atoms with Crippen LogP contribution in [0.5, 0.6) is 0 Å². The van der Waals surface area contributed by atoms with Crippen LogP contribution in [0, 0.1) is 13.8 Å². The van der Waals surface area contributed by atoms with Crippen LogP contribution in [0.15, 0.2) is 43.1 Å². The largest absolute Gasteiger partial charge is 0.352 e. The molecule has 0 spiro atoms. The van der Waals surface area contributed by atoms with Gasteiger partial charge in [-0.15, -0.1) is 10.2 Å². The molecular formula is C21H28N8S. The van der Waals surface area contributed by atoms with Crippen molar-refractivity contribution in [1.82, 2.24) is 39.7 Å². The summed E-state index contributed by atoms with van der Waals surface area (Å²) in [5.41, 5.74) is 4.48. The first-order valence-corrected chi connectivity index (χ1v) is 10.5. The van der Waals surface area contributed by atoms with E-state index in [1.165, 1.54) is 5.56 Å². The van der Waals surface area contributed by atoms with Crippen LogP contribution in [0.1, 0.15) is 41.1 Å². The molecule has 1 aliphatic rings. The maximum atomic E-state index is 5.78. The van der Waals surface area contributed by atoms with Crippen LogP contribution >= 0.6 is 12.2 Å². The number of aromatic nitrogens is 5. The van der Waals surface area contributed by atoms with Crippen molar-refractivity contribution in [1.29, 1.82) is 0 Å². The van der Waals surface area contributed by atoms with Gasteiger partial charge in [0.15, 0.2) is 5.11 Å². The molecule has 3 aromatic rings. The second-order valence-electron chi connectivity index (χ2n) is 7.96. The fourth-order valence-corrected chi connectivity index (χ4v) is 4.60. The number of hydrogen-bond acceptors (Lipinski definition) is 5. The molecule has 9 heteroatoms.